The molecule has 3 aliphatic rings. The molecule has 11 N–H and O–H groups in total. The third-order valence-electron chi connectivity index (χ3n) is 11.6. The third kappa shape index (κ3) is 10.7. The molecular formula is C45H52O24. The minimum atomic E-state index is -2.14. The molecule has 0 radical (unpaired) electrons. The fourth-order valence-electron chi connectivity index (χ4n) is 7.73. The standard InChI is InChI=1S/C45H52O24/c1-17-30(49)35(54)38(57)43(64-17)63-16-27-33(52)37(56)42(45(67-27)68-41-34(53)29-22(47)13-21(59-2)14-23(29)65-40(41)19-6-8-20(46)9-7-19)69-44-39(58)36(55)32(51)26(66-44)15-62-28(48)10-5-18-11-24(60-3)31(50)25(12-18)61-4/h5-14,17,26-27,30,32-33,35-39,42-47,49-52,54-58H,15-16H2,1-4H3/b10-5-/t17-,26+,27+,30-,32+,33+,35+,36-,37-,38+,39+,42+,43+,44-,45-/m0/s1. The van der Waals surface area contributed by atoms with E-state index in [0.29, 0.717) is 5.56 Å². The zero-order valence-electron chi connectivity index (χ0n) is 37.1. The van der Waals surface area contributed by atoms with E-state index in [1.165, 1.54) is 76.8 Å². The summed E-state index contributed by atoms with van der Waals surface area (Å²) in [6, 6.07) is 10.4. The van der Waals surface area contributed by atoms with Gasteiger partial charge in [-0.05, 0) is 55.0 Å². The van der Waals surface area contributed by atoms with E-state index in [1.807, 2.05) is 0 Å². The van der Waals surface area contributed by atoms with Gasteiger partial charge in [0, 0.05) is 23.8 Å². The van der Waals surface area contributed by atoms with Gasteiger partial charge in [-0.25, -0.2) is 4.79 Å². The molecule has 15 atom stereocenters. The number of fused-ring (bicyclic) bond motifs is 1. The van der Waals surface area contributed by atoms with E-state index < -0.39 is 134 Å². The molecule has 4 aromatic rings. The van der Waals surface area contributed by atoms with E-state index >= 15 is 0 Å². The molecular weight excluding hydrogens is 924 g/mol. The summed E-state index contributed by atoms with van der Waals surface area (Å²) >= 11 is 0. The quantitative estimate of drug-likeness (QED) is 0.0488. The van der Waals surface area contributed by atoms with E-state index in [4.69, 9.17) is 51.8 Å². The van der Waals surface area contributed by atoms with E-state index in [-0.39, 0.29) is 45.7 Å². The Morgan fingerprint density at radius 2 is 1.29 bits per heavy atom. The van der Waals surface area contributed by atoms with Gasteiger partial charge in [0.1, 0.15) is 95.9 Å². The molecule has 7 rings (SSSR count). The zero-order valence-corrected chi connectivity index (χ0v) is 37.1. The fourth-order valence-corrected chi connectivity index (χ4v) is 7.73. The van der Waals surface area contributed by atoms with Crippen LogP contribution < -0.4 is 24.4 Å². The van der Waals surface area contributed by atoms with Crippen molar-refractivity contribution < 1.29 is 113 Å². The van der Waals surface area contributed by atoms with Crippen molar-refractivity contribution in [2.45, 2.75) is 99.0 Å². The van der Waals surface area contributed by atoms with Crippen LogP contribution in [0, 0.1) is 0 Å². The summed E-state index contributed by atoms with van der Waals surface area (Å²) in [4.78, 5) is 27.2. The lowest BCUT2D eigenvalue weighted by Gasteiger charge is -2.46. The number of rotatable bonds is 15. The van der Waals surface area contributed by atoms with Crippen molar-refractivity contribution in [1.82, 2.24) is 0 Å². The maximum atomic E-state index is 14.4. The largest absolute Gasteiger partial charge is 0.508 e. The molecule has 3 aromatic carbocycles. The maximum absolute atomic E-state index is 14.4. The summed E-state index contributed by atoms with van der Waals surface area (Å²) in [5.74, 6) is -2.89. The molecule has 0 saturated carbocycles. The first-order chi connectivity index (χ1) is 32.8. The van der Waals surface area contributed by atoms with Crippen molar-refractivity contribution >= 4 is 23.0 Å². The molecule has 0 amide bonds. The lowest BCUT2D eigenvalue weighted by Crippen LogP contribution is -2.65. The summed E-state index contributed by atoms with van der Waals surface area (Å²) < 4.78 is 61.9. The first kappa shape index (κ1) is 51.0. The van der Waals surface area contributed by atoms with Gasteiger partial charge in [-0.2, -0.15) is 0 Å². The van der Waals surface area contributed by atoms with Crippen LogP contribution in [-0.4, -0.2) is 189 Å². The Kier molecular flexibility index (Phi) is 15.8. The van der Waals surface area contributed by atoms with E-state index in [1.54, 1.807) is 0 Å². The van der Waals surface area contributed by atoms with Crippen LogP contribution in [0.2, 0.25) is 0 Å². The van der Waals surface area contributed by atoms with Crippen LogP contribution in [-0.2, 0) is 33.2 Å². The highest BCUT2D eigenvalue weighted by Crippen LogP contribution is 2.40. The minimum Gasteiger partial charge on any atom is -0.508 e. The van der Waals surface area contributed by atoms with Gasteiger partial charge in [-0.3, -0.25) is 4.79 Å². The summed E-state index contributed by atoms with van der Waals surface area (Å²) in [6.07, 6.45) is -25.0. The Labute approximate surface area is 390 Å². The molecule has 376 valence electrons. The molecule has 69 heavy (non-hydrogen) atoms. The van der Waals surface area contributed by atoms with Crippen molar-refractivity contribution in [2.24, 2.45) is 0 Å². The van der Waals surface area contributed by atoms with Crippen molar-refractivity contribution in [3.8, 4) is 51.6 Å². The lowest BCUT2D eigenvalue weighted by atomic mass is 9.97. The van der Waals surface area contributed by atoms with Gasteiger partial charge in [0.2, 0.25) is 23.2 Å². The molecule has 3 aliphatic heterocycles. The number of hydrogen-bond donors (Lipinski definition) is 11. The van der Waals surface area contributed by atoms with Crippen molar-refractivity contribution in [2.75, 3.05) is 34.5 Å². The van der Waals surface area contributed by atoms with Crippen LogP contribution in [0.5, 0.6) is 40.2 Å². The highest BCUT2D eigenvalue weighted by atomic mass is 16.8. The molecule has 1 aromatic heterocycles. The number of aliphatic hydroxyl groups is 8. The number of phenols is 3. The second-order valence-electron chi connectivity index (χ2n) is 16.2. The predicted molar refractivity (Wildman–Crippen MR) is 230 cm³/mol. The molecule has 3 fully saturated rings. The van der Waals surface area contributed by atoms with Crippen LogP contribution >= 0.6 is 0 Å². The monoisotopic (exact) mass is 976 g/mol. The Bertz CT molecular complexity index is 2490. The normalized spacial score (nSPS) is 31.6. The van der Waals surface area contributed by atoms with Crippen LogP contribution in [0.4, 0.5) is 0 Å². The fraction of sp³-hybridized carbons (Fsp3) is 0.467. The Morgan fingerprint density at radius 1 is 0.681 bits per heavy atom. The SMILES string of the molecule is COc1cc(O)c2c(=O)c(O[C@@H]3O[C@H](CO[C@@H]4O[C@@H](C)[C@H](O)[C@@H](O)[C@H]4O)[C@@H](O)[C@H](O)[C@H]3O[C@@H]3O[C@H](COC(=O)/C=C\c4cc(OC)c(O)c(OC)c4)[C@@H](O)[C@H](O)[C@H]3O)c(-c3ccc(O)cc3)oc2c1. The molecule has 0 aliphatic carbocycles. The average molecular weight is 977 g/mol. The summed E-state index contributed by atoms with van der Waals surface area (Å²) in [6.45, 7) is -0.0995. The zero-order chi connectivity index (χ0) is 50.0. The van der Waals surface area contributed by atoms with Gasteiger partial charge in [0.25, 0.3) is 0 Å². The Hall–Kier alpha value is -5.84. The van der Waals surface area contributed by atoms with Crippen LogP contribution in [0.25, 0.3) is 28.4 Å². The topological polar surface area (TPSA) is 362 Å². The molecule has 24 heteroatoms. The van der Waals surface area contributed by atoms with Crippen LogP contribution in [0.1, 0.15) is 12.5 Å². The molecule has 0 unspecified atom stereocenters. The first-order valence-corrected chi connectivity index (χ1v) is 21.2. The van der Waals surface area contributed by atoms with Gasteiger partial charge in [0.05, 0.1) is 34.0 Å². The summed E-state index contributed by atoms with van der Waals surface area (Å²) in [5, 5.41) is 118. The van der Waals surface area contributed by atoms with Crippen molar-refractivity contribution in [1.29, 1.82) is 0 Å². The highest BCUT2D eigenvalue weighted by molar-refractivity contribution is 5.89. The number of phenolic OH excluding ortho intramolecular Hbond substituents is 3. The third-order valence-corrected chi connectivity index (χ3v) is 11.6. The lowest BCUT2D eigenvalue weighted by molar-refractivity contribution is -0.362. The van der Waals surface area contributed by atoms with Gasteiger partial charge >= 0.3 is 5.97 Å². The average Bonchev–Trinajstić information content (AvgIpc) is 3.33. The number of carbonyl (C=O) groups excluding carboxylic acids is 1. The molecule has 24 nitrogen and oxygen atoms in total. The van der Waals surface area contributed by atoms with Crippen LogP contribution in [0.15, 0.2) is 63.8 Å². The molecule has 0 spiro atoms. The minimum absolute atomic E-state index is 0.0434. The maximum Gasteiger partial charge on any atom is 0.330 e. The predicted octanol–water partition coefficient (Wildman–Crippen LogP) is -1.28. The van der Waals surface area contributed by atoms with Gasteiger partial charge < -0.3 is 108 Å². The van der Waals surface area contributed by atoms with Crippen molar-refractivity contribution in [3.05, 3.63) is 70.4 Å². The number of aliphatic hydroxyl groups excluding tert-OH is 8. The molecule has 4 heterocycles. The smallest absolute Gasteiger partial charge is 0.330 e. The van der Waals surface area contributed by atoms with E-state index in [2.05, 4.69) is 0 Å². The summed E-state index contributed by atoms with van der Waals surface area (Å²) in [7, 11) is 3.92. The number of carbonyl (C=O) groups is 1. The second kappa shape index (κ2) is 21.4. The van der Waals surface area contributed by atoms with E-state index in [9.17, 15) is 65.8 Å². The number of hydrogen-bond acceptors (Lipinski definition) is 24. The highest BCUT2D eigenvalue weighted by Gasteiger charge is 2.53. The Balaban J connectivity index is 1.19. The van der Waals surface area contributed by atoms with Gasteiger partial charge in [-0.15, -0.1) is 0 Å². The second-order valence-corrected chi connectivity index (χ2v) is 16.2. The van der Waals surface area contributed by atoms with Crippen molar-refractivity contribution in [3.63, 3.8) is 0 Å². The Morgan fingerprint density at radius 3 is 1.94 bits per heavy atom. The summed E-state index contributed by atoms with van der Waals surface area (Å²) in [5.41, 5.74) is -0.743. The first-order valence-electron chi connectivity index (χ1n) is 21.2. The number of aromatic hydroxyl groups is 3. The van der Waals surface area contributed by atoms with E-state index in [0.717, 1.165) is 12.1 Å². The number of esters is 1. The number of methoxy groups -OCH3 is 3. The van der Waals surface area contributed by atoms with Gasteiger partial charge in [-0.1, -0.05) is 0 Å². The number of benzene rings is 3. The molecule has 0 bridgehead atoms. The molecule has 3 saturated heterocycles. The van der Waals surface area contributed by atoms with Crippen LogP contribution in [0.3, 0.4) is 0 Å². The number of ether oxygens (including phenoxy) is 10. The van der Waals surface area contributed by atoms with Gasteiger partial charge in [0.15, 0.2) is 35.9 Å².